The second kappa shape index (κ2) is 6.53. The molecule has 1 aromatic heterocycles. The van der Waals surface area contributed by atoms with Gasteiger partial charge >= 0.3 is 5.97 Å². The normalized spacial score (nSPS) is 12.3. The van der Waals surface area contributed by atoms with Gasteiger partial charge in [0.1, 0.15) is 18.1 Å². The van der Waals surface area contributed by atoms with Crippen molar-refractivity contribution in [3.8, 4) is 11.5 Å². The molecule has 0 saturated heterocycles. The summed E-state index contributed by atoms with van der Waals surface area (Å²) in [6, 6.07) is 5.07. The third-order valence-corrected chi connectivity index (χ3v) is 3.58. The molecule has 0 aliphatic carbocycles. The van der Waals surface area contributed by atoms with Crippen LogP contribution in [-0.2, 0) is 10.5 Å². The summed E-state index contributed by atoms with van der Waals surface area (Å²) in [7, 11) is 0. The zero-order valence-electron chi connectivity index (χ0n) is 10.5. The molecule has 0 aliphatic heterocycles. The van der Waals surface area contributed by atoms with Gasteiger partial charge in [-0.15, -0.1) is 0 Å². The van der Waals surface area contributed by atoms with E-state index in [0.717, 1.165) is 0 Å². The Morgan fingerprint density at radius 1 is 1.55 bits per heavy atom. The Morgan fingerprint density at radius 2 is 2.35 bits per heavy atom. The van der Waals surface area contributed by atoms with E-state index in [0.29, 0.717) is 22.9 Å². The molecule has 2 rings (SSSR count). The number of benzene rings is 1. The molecular formula is C13H13FN2O3S. The number of carboxylic acids is 1. The van der Waals surface area contributed by atoms with Gasteiger partial charge in [-0.1, -0.05) is 6.07 Å². The number of aromatic nitrogens is 1. The molecule has 0 saturated carbocycles. The maximum Gasteiger partial charge on any atom is 0.321 e. The molecule has 1 heterocycles. The van der Waals surface area contributed by atoms with E-state index in [1.54, 1.807) is 12.1 Å². The van der Waals surface area contributed by atoms with Crippen molar-refractivity contribution >= 4 is 17.7 Å². The van der Waals surface area contributed by atoms with Crippen LogP contribution in [0, 0.1) is 5.82 Å². The molecule has 0 unspecified atom stereocenters. The van der Waals surface area contributed by atoms with Crippen molar-refractivity contribution in [2.45, 2.75) is 11.8 Å². The smallest absolute Gasteiger partial charge is 0.321 e. The minimum atomic E-state index is -1.03. The van der Waals surface area contributed by atoms with Gasteiger partial charge in [0.05, 0.1) is 5.69 Å². The Balaban J connectivity index is 1.94. The molecule has 106 valence electrons. The summed E-state index contributed by atoms with van der Waals surface area (Å²) in [6.45, 7) is 0. The van der Waals surface area contributed by atoms with Crippen LogP contribution in [0.5, 0.6) is 0 Å². The average Bonchev–Trinajstić information content (AvgIpc) is 2.87. The number of aliphatic carboxylic acids is 1. The molecule has 0 aliphatic rings. The highest BCUT2D eigenvalue weighted by Crippen LogP contribution is 2.21. The van der Waals surface area contributed by atoms with Gasteiger partial charge < -0.3 is 15.3 Å². The summed E-state index contributed by atoms with van der Waals surface area (Å²) in [5.74, 6) is -0.276. The first-order chi connectivity index (χ1) is 9.56. The minimum absolute atomic E-state index is 0.289. The molecule has 20 heavy (non-hydrogen) atoms. The summed E-state index contributed by atoms with van der Waals surface area (Å²) in [5, 5.41) is 8.65. The highest BCUT2D eigenvalue weighted by atomic mass is 32.2. The van der Waals surface area contributed by atoms with Gasteiger partial charge in [-0.05, 0) is 18.2 Å². The second-order valence-corrected chi connectivity index (χ2v) is 5.14. The van der Waals surface area contributed by atoms with E-state index >= 15 is 0 Å². The number of hydrogen-bond acceptors (Lipinski definition) is 5. The van der Waals surface area contributed by atoms with E-state index in [2.05, 4.69) is 4.98 Å². The first kappa shape index (κ1) is 14.5. The Labute approximate surface area is 119 Å². The topological polar surface area (TPSA) is 89.4 Å². The van der Waals surface area contributed by atoms with Gasteiger partial charge in [0.2, 0.25) is 5.89 Å². The van der Waals surface area contributed by atoms with Crippen molar-refractivity contribution in [1.29, 1.82) is 0 Å². The van der Waals surface area contributed by atoms with Crippen molar-refractivity contribution in [2.24, 2.45) is 5.73 Å². The lowest BCUT2D eigenvalue weighted by Crippen LogP contribution is -2.32. The molecule has 0 radical (unpaired) electrons. The van der Waals surface area contributed by atoms with E-state index in [4.69, 9.17) is 15.3 Å². The summed E-state index contributed by atoms with van der Waals surface area (Å²) >= 11 is 1.35. The fraction of sp³-hybridized carbons (Fsp3) is 0.231. The molecule has 0 spiro atoms. The number of carboxylic acid groups (broad SMARTS) is 1. The van der Waals surface area contributed by atoms with E-state index in [1.807, 2.05) is 0 Å². The van der Waals surface area contributed by atoms with E-state index in [9.17, 15) is 9.18 Å². The number of oxazole rings is 1. The molecule has 0 amide bonds. The quantitative estimate of drug-likeness (QED) is 0.848. The largest absolute Gasteiger partial charge is 0.480 e. The Kier molecular flexibility index (Phi) is 4.75. The lowest BCUT2D eigenvalue weighted by atomic mass is 10.2. The number of thioether (sulfide) groups is 1. The maximum absolute atomic E-state index is 13.1. The molecule has 2 aromatic rings. The number of hydrogen-bond donors (Lipinski definition) is 2. The minimum Gasteiger partial charge on any atom is -0.480 e. The molecule has 1 atom stereocenters. The number of rotatable bonds is 6. The predicted molar refractivity (Wildman–Crippen MR) is 73.7 cm³/mol. The van der Waals surface area contributed by atoms with E-state index in [1.165, 1.54) is 30.2 Å². The second-order valence-electron chi connectivity index (χ2n) is 4.11. The van der Waals surface area contributed by atoms with E-state index in [-0.39, 0.29) is 11.6 Å². The summed E-state index contributed by atoms with van der Waals surface area (Å²) in [5.41, 5.74) is 6.61. The van der Waals surface area contributed by atoms with Crippen LogP contribution in [0.4, 0.5) is 4.39 Å². The average molecular weight is 296 g/mol. The Bertz CT molecular complexity index is 603. The molecule has 0 fully saturated rings. The van der Waals surface area contributed by atoms with Crippen LogP contribution in [0.15, 0.2) is 34.9 Å². The summed E-state index contributed by atoms with van der Waals surface area (Å²) in [6.07, 6.45) is 1.47. The number of nitrogens with two attached hydrogens (primary N) is 1. The fourth-order valence-corrected chi connectivity index (χ4v) is 2.35. The zero-order valence-corrected chi connectivity index (χ0v) is 11.3. The van der Waals surface area contributed by atoms with Crippen LogP contribution in [0.2, 0.25) is 0 Å². The van der Waals surface area contributed by atoms with E-state index < -0.39 is 12.0 Å². The van der Waals surface area contributed by atoms with Crippen molar-refractivity contribution in [3.63, 3.8) is 0 Å². The van der Waals surface area contributed by atoms with Crippen LogP contribution >= 0.6 is 11.8 Å². The number of carbonyl (C=O) groups is 1. The van der Waals surface area contributed by atoms with Crippen molar-refractivity contribution in [3.05, 3.63) is 42.0 Å². The first-order valence-electron chi connectivity index (χ1n) is 5.82. The van der Waals surface area contributed by atoms with Crippen LogP contribution in [0.3, 0.4) is 0 Å². The van der Waals surface area contributed by atoms with Crippen molar-refractivity contribution < 1.29 is 18.7 Å². The third kappa shape index (κ3) is 3.82. The maximum atomic E-state index is 13.1. The highest BCUT2D eigenvalue weighted by Gasteiger charge is 2.12. The van der Waals surface area contributed by atoms with Gasteiger partial charge in [-0.2, -0.15) is 11.8 Å². The van der Waals surface area contributed by atoms with Crippen LogP contribution in [0.1, 0.15) is 5.69 Å². The van der Waals surface area contributed by atoms with Crippen molar-refractivity contribution in [2.75, 3.05) is 5.75 Å². The Morgan fingerprint density at radius 3 is 3.05 bits per heavy atom. The van der Waals surface area contributed by atoms with Gasteiger partial charge in [0.25, 0.3) is 0 Å². The standard InChI is InChI=1S/C13H13FN2O3S/c14-9-3-1-2-8(4-9)12-16-10(5-19-12)6-20-7-11(15)13(17)18/h1-5,11H,6-7,15H2,(H,17,18)/t11-/m1/s1. The van der Waals surface area contributed by atoms with Gasteiger partial charge in [0.15, 0.2) is 0 Å². The fourth-order valence-electron chi connectivity index (χ4n) is 1.49. The molecular weight excluding hydrogens is 283 g/mol. The SMILES string of the molecule is N[C@H](CSCc1coc(-c2cccc(F)c2)n1)C(=O)O. The highest BCUT2D eigenvalue weighted by molar-refractivity contribution is 7.98. The summed E-state index contributed by atoms with van der Waals surface area (Å²) < 4.78 is 18.4. The van der Waals surface area contributed by atoms with Crippen LogP contribution < -0.4 is 5.73 Å². The lowest BCUT2D eigenvalue weighted by Gasteiger charge is -2.03. The van der Waals surface area contributed by atoms with Gasteiger partial charge in [-0.3, -0.25) is 4.79 Å². The third-order valence-electron chi connectivity index (χ3n) is 2.49. The van der Waals surface area contributed by atoms with Crippen LogP contribution in [0.25, 0.3) is 11.5 Å². The Hall–Kier alpha value is -1.86. The zero-order chi connectivity index (χ0) is 14.5. The first-order valence-corrected chi connectivity index (χ1v) is 6.98. The molecule has 5 nitrogen and oxygen atoms in total. The predicted octanol–water partition coefficient (Wildman–Crippen LogP) is 2.13. The molecule has 1 aromatic carbocycles. The number of nitrogens with zero attached hydrogens (tertiary/aromatic N) is 1. The summed E-state index contributed by atoms with van der Waals surface area (Å²) in [4.78, 5) is 14.8. The lowest BCUT2D eigenvalue weighted by molar-refractivity contribution is -0.137. The molecule has 7 heteroatoms. The van der Waals surface area contributed by atoms with Crippen molar-refractivity contribution in [1.82, 2.24) is 4.98 Å². The van der Waals surface area contributed by atoms with Gasteiger partial charge in [-0.25, -0.2) is 9.37 Å². The molecule has 0 bridgehead atoms. The monoisotopic (exact) mass is 296 g/mol. The molecule has 3 N–H and O–H groups in total. The van der Waals surface area contributed by atoms with Gasteiger partial charge in [0, 0.05) is 17.1 Å². The number of halogens is 1. The van der Waals surface area contributed by atoms with Crippen LogP contribution in [-0.4, -0.2) is 27.9 Å².